The number of carbonyl (C=O) groups excluding carboxylic acids is 1. The van der Waals surface area contributed by atoms with Gasteiger partial charge in [-0.3, -0.25) is 4.79 Å². The van der Waals surface area contributed by atoms with Crippen LogP contribution in [0.15, 0.2) is 30.3 Å². The summed E-state index contributed by atoms with van der Waals surface area (Å²) in [5, 5.41) is 3.36. The number of hydrogen-bond acceptors (Lipinski definition) is 2. The predicted molar refractivity (Wildman–Crippen MR) is 82.4 cm³/mol. The highest BCUT2D eigenvalue weighted by Crippen LogP contribution is 2.18. The van der Waals surface area contributed by atoms with E-state index in [0.29, 0.717) is 18.2 Å². The summed E-state index contributed by atoms with van der Waals surface area (Å²) < 4.78 is 0. The molecule has 0 saturated carbocycles. The van der Waals surface area contributed by atoms with Crippen LogP contribution in [0, 0.1) is 5.92 Å². The molecule has 0 aliphatic carbocycles. The van der Waals surface area contributed by atoms with Gasteiger partial charge in [-0.15, -0.1) is 0 Å². The largest absolute Gasteiger partial charge is 0.338 e. The summed E-state index contributed by atoms with van der Waals surface area (Å²) in [7, 11) is 0. The maximum absolute atomic E-state index is 12.5. The molecule has 1 amide bonds. The van der Waals surface area contributed by atoms with Gasteiger partial charge in [-0.05, 0) is 43.8 Å². The number of piperidine rings is 1. The Morgan fingerprint density at radius 3 is 2.60 bits per heavy atom. The molecule has 1 saturated heterocycles. The Labute approximate surface area is 122 Å². The average Bonchev–Trinajstić information content (AvgIpc) is 2.49. The number of nitrogens with zero attached hydrogens (tertiary/aromatic N) is 1. The molecule has 1 aliphatic heterocycles. The fraction of sp³-hybridized carbons (Fsp3) is 0.588. The van der Waals surface area contributed by atoms with E-state index in [1.165, 1.54) is 5.56 Å². The van der Waals surface area contributed by atoms with Crippen LogP contribution in [0.3, 0.4) is 0 Å². The summed E-state index contributed by atoms with van der Waals surface area (Å²) >= 11 is 0. The van der Waals surface area contributed by atoms with E-state index < -0.39 is 0 Å². The van der Waals surface area contributed by atoms with Crippen LogP contribution in [0.5, 0.6) is 0 Å². The summed E-state index contributed by atoms with van der Waals surface area (Å²) in [5.74, 6) is 0.890. The van der Waals surface area contributed by atoms with E-state index >= 15 is 0 Å². The number of hydrogen-bond donors (Lipinski definition) is 1. The van der Waals surface area contributed by atoms with Crippen LogP contribution in [-0.2, 0) is 11.3 Å². The van der Waals surface area contributed by atoms with Crippen LogP contribution in [0.1, 0.15) is 38.2 Å². The van der Waals surface area contributed by atoms with Crippen LogP contribution >= 0.6 is 0 Å². The first-order valence-corrected chi connectivity index (χ1v) is 7.82. The number of amides is 1. The van der Waals surface area contributed by atoms with E-state index in [2.05, 4.69) is 24.4 Å². The highest BCUT2D eigenvalue weighted by Gasteiger charge is 2.20. The third kappa shape index (κ3) is 4.64. The van der Waals surface area contributed by atoms with E-state index in [0.717, 1.165) is 45.4 Å². The van der Waals surface area contributed by atoms with Crippen LogP contribution in [0.4, 0.5) is 0 Å². The second-order valence-corrected chi connectivity index (χ2v) is 5.70. The molecule has 3 nitrogen and oxygen atoms in total. The molecule has 1 fully saturated rings. The van der Waals surface area contributed by atoms with Crippen molar-refractivity contribution in [3.8, 4) is 0 Å². The Balaban J connectivity index is 1.91. The van der Waals surface area contributed by atoms with Crippen molar-refractivity contribution in [2.45, 2.75) is 39.2 Å². The first-order chi connectivity index (χ1) is 9.79. The molecule has 3 heteroatoms. The quantitative estimate of drug-likeness (QED) is 0.865. The Morgan fingerprint density at radius 2 is 1.95 bits per heavy atom. The monoisotopic (exact) mass is 274 g/mol. The van der Waals surface area contributed by atoms with Gasteiger partial charge in [0.05, 0.1) is 0 Å². The first kappa shape index (κ1) is 15.0. The third-order valence-electron chi connectivity index (χ3n) is 3.98. The Kier molecular flexibility index (Phi) is 6.06. The van der Waals surface area contributed by atoms with Gasteiger partial charge >= 0.3 is 0 Å². The lowest BCUT2D eigenvalue weighted by molar-refractivity contribution is -0.133. The summed E-state index contributed by atoms with van der Waals surface area (Å²) in [4.78, 5) is 14.5. The number of rotatable bonds is 6. The molecule has 110 valence electrons. The molecule has 1 aliphatic rings. The molecule has 0 spiro atoms. The molecule has 1 heterocycles. The molecule has 1 aromatic rings. The minimum absolute atomic E-state index is 0.322. The van der Waals surface area contributed by atoms with Gasteiger partial charge in [0, 0.05) is 19.5 Å². The van der Waals surface area contributed by atoms with Crippen LogP contribution in [-0.4, -0.2) is 30.4 Å². The van der Waals surface area contributed by atoms with Gasteiger partial charge in [-0.1, -0.05) is 37.3 Å². The molecule has 1 aromatic carbocycles. The molecule has 0 atom stereocenters. The van der Waals surface area contributed by atoms with Crippen molar-refractivity contribution >= 4 is 5.91 Å². The summed E-state index contributed by atoms with van der Waals surface area (Å²) in [6, 6.07) is 10.3. The van der Waals surface area contributed by atoms with E-state index in [4.69, 9.17) is 0 Å². The van der Waals surface area contributed by atoms with Gasteiger partial charge < -0.3 is 10.2 Å². The summed E-state index contributed by atoms with van der Waals surface area (Å²) in [6.45, 7) is 5.86. The van der Waals surface area contributed by atoms with Crippen molar-refractivity contribution in [1.82, 2.24) is 10.2 Å². The number of benzene rings is 1. The topological polar surface area (TPSA) is 32.3 Å². The normalized spacial score (nSPS) is 16.1. The van der Waals surface area contributed by atoms with E-state index in [9.17, 15) is 4.79 Å². The lowest BCUT2D eigenvalue weighted by atomic mass is 9.94. The van der Waals surface area contributed by atoms with Crippen molar-refractivity contribution in [3.63, 3.8) is 0 Å². The van der Waals surface area contributed by atoms with Gasteiger partial charge in [0.1, 0.15) is 0 Å². The van der Waals surface area contributed by atoms with Gasteiger partial charge in [-0.25, -0.2) is 0 Å². The fourth-order valence-corrected chi connectivity index (χ4v) is 2.83. The zero-order chi connectivity index (χ0) is 14.2. The van der Waals surface area contributed by atoms with Gasteiger partial charge in [0.2, 0.25) is 5.91 Å². The van der Waals surface area contributed by atoms with Crippen molar-refractivity contribution in [1.29, 1.82) is 0 Å². The van der Waals surface area contributed by atoms with Crippen LogP contribution in [0.25, 0.3) is 0 Å². The Morgan fingerprint density at radius 1 is 1.25 bits per heavy atom. The van der Waals surface area contributed by atoms with E-state index in [1.54, 1.807) is 0 Å². The standard InChI is InChI=1S/C17H26N2O/c1-2-12-19(14-16-6-4-3-5-7-16)17(20)13-15-8-10-18-11-9-15/h3-7,15,18H,2,8-14H2,1H3. The Hall–Kier alpha value is -1.35. The Bertz CT molecular complexity index is 399. The first-order valence-electron chi connectivity index (χ1n) is 7.82. The van der Waals surface area contributed by atoms with Gasteiger partial charge in [0.15, 0.2) is 0 Å². The van der Waals surface area contributed by atoms with Gasteiger partial charge in [0.25, 0.3) is 0 Å². The van der Waals surface area contributed by atoms with Crippen LogP contribution in [0.2, 0.25) is 0 Å². The third-order valence-corrected chi connectivity index (χ3v) is 3.98. The summed E-state index contributed by atoms with van der Waals surface area (Å²) in [6.07, 6.45) is 4.01. The average molecular weight is 274 g/mol. The minimum atomic E-state index is 0.322. The van der Waals surface area contributed by atoms with E-state index in [1.807, 2.05) is 23.1 Å². The van der Waals surface area contributed by atoms with Gasteiger partial charge in [-0.2, -0.15) is 0 Å². The van der Waals surface area contributed by atoms with Crippen molar-refractivity contribution in [2.75, 3.05) is 19.6 Å². The van der Waals surface area contributed by atoms with Crippen molar-refractivity contribution in [2.24, 2.45) is 5.92 Å². The molecule has 0 aromatic heterocycles. The molecule has 0 unspecified atom stereocenters. The molecular formula is C17H26N2O. The molecule has 2 rings (SSSR count). The molecular weight excluding hydrogens is 248 g/mol. The molecule has 0 bridgehead atoms. The highest BCUT2D eigenvalue weighted by molar-refractivity contribution is 5.76. The van der Waals surface area contributed by atoms with E-state index in [-0.39, 0.29) is 0 Å². The lowest BCUT2D eigenvalue weighted by Crippen LogP contribution is -2.35. The smallest absolute Gasteiger partial charge is 0.223 e. The maximum Gasteiger partial charge on any atom is 0.223 e. The second-order valence-electron chi connectivity index (χ2n) is 5.70. The second kappa shape index (κ2) is 8.05. The fourth-order valence-electron chi connectivity index (χ4n) is 2.83. The zero-order valence-corrected chi connectivity index (χ0v) is 12.5. The SMILES string of the molecule is CCCN(Cc1ccccc1)C(=O)CC1CCNCC1. The summed E-state index contributed by atoms with van der Waals surface area (Å²) in [5.41, 5.74) is 1.22. The van der Waals surface area contributed by atoms with Crippen molar-refractivity contribution < 1.29 is 4.79 Å². The molecule has 1 N–H and O–H groups in total. The minimum Gasteiger partial charge on any atom is -0.338 e. The highest BCUT2D eigenvalue weighted by atomic mass is 16.2. The van der Waals surface area contributed by atoms with Crippen LogP contribution < -0.4 is 5.32 Å². The predicted octanol–water partition coefficient (Wildman–Crippen LogP) is 2.81. The molecule has 0 radical (unpaired) electrons. The number of carbonyl (C=O) groups is 1. The maximum atomic E-state index is 12.5. The molecule has 20 heavy (non-hydrogen) atoms. The number of nitrogens with one attached hydrogen (secondary N) is 1. The lowest BCUT2D eigenvalue weighted by Gasteiger charge is -2.27. The zero-order valence-electron chi connectivity index (χ0n) is 12.5. The van der Waals surface area contributed by atoms with Crippen molar-refractivity contribution in [3.05, 3.63) is 35.9 Å².